The van der Waals surface area contributed by atoms with E-state index in [9.17, 15) is 0 Å². The number of aromatic nitrogens is 1. The minimum absolute atomic E-state index is 0.312. The number of pyridine rings is 1. The van der Waals surface area contributed by atoms with Crippen molar-refractivity contribution < 1.29 is 9.47 Å². The highest BCUT2D eigenvalue weighted by molar-refractivity contribution is 5.43. The van der Waals surface area contributed by atoms with Crippen molar-refractivity contribution in [2.45, 2.75) is 19.5 Å². The van der Waals surface area contributed by atoms with E-state index >= 15 is 0 Å². The Balaban J connectivity index is 1.71. The second-order valence-electron chi connectivity index (χ2n) is 5.36. The Labute approximate surface area is 125 Å². The number of nitrogens with zero attached hydrogens (tertiary/aromatic N) is 2. The number of benzene rings is 1. The molecular weight excluding hydrogens is 264 g/mol. The summed E-state index contributed by atoms with van der Waals surface area (Å²) in [6.07, 6.45) is 3.72. The number of hydrogen-bond donors (Lipinski definition) is 0. The molecule has 0 aliphatic carbocycles. The van der Waals surface area contributed by atoms with Gasteiger partial charge in [-0.1, -0.05) is 12.1 Å². The minimum Gasteiger partial charge on any atom is -0.486 e. The largest absolute Gasteiger partial charge is 0.486 e. The van der Waals surface area contributed by atoms with Gasteiger partial charge in [0.2, 0.25) is 0 Å². The lowest BCUT2D eigenvalue weighted by atomic mass is 10.1. The molecule has 0 radical (unpaired) electrons. The van der Waals surface area contributed by atoms with Crippen molar-refractivity contribution in [3.63, 3.8) is 0 Å². The second-order valence-corrected chi connectivity index (χ2v) is 5.36. The van der Waals surface area contributed by atoms with E-state index in [0.29, 0.717) is 19.3 Å². The van der Waals surface area contributed by atoms with E-state index in [1.165, 1.54) is 11.1 Å². The summed E-state index contributed by atoms with van der Waals surface area (Å²) >= 11 is 0. The fourth-order valence-corrected chi connectivity index (χ4v) is 2.49. The van der Waals surface area contributed by atoms with Gasteiger partial charge in [-0.05, 0) is 43.3 Å². The molecule has 4 nitrogen and oxygen atoms in total. The van der Waals surface area contributed by atoms with Gasteiger partial charge in [0.15, 0.2) is 11.5 Å². The monoisotopic (exact) mass is 284 g/mol. The van der Waals surface area contributed by atoms with E-state index in [4.69, 9.17) is 9.47 Å². The van der Waals surface area contributed by atoms with Gasteiger partial charge in [-0.25, -0.2) is 0 Å². The van der Waals surface area contributed by atoms with Gasteiger partial charge in [0.1, 0.15) is 13.2 Å². The predicted octanol–water partition coefficient (Wildman–Crippen LogP) is 3.05. The lowest BCUT2D eigenvalue weighted by Gasteiger charge is -2.26. The SMILES string of the molecule is C[C@H](c1cccnc1)N(C)Cc1ccc2c(c1)OCCO2. The van der Waals surface area contributed by atoms with E-state index < -0.39 is 0 Å². The first-order chi connectivity index (χ1) is 10.2. The normalized spacial score (nSPS) is 15.0. The van der Waals surface area contributed by atoms with Crippen molar-refractivity contribution in [3.8, 4) is 11.5 Å². The standard InChI is InChI=1S/C17H20N2O2/c1-13(15-4-3-7-18-11-15)19(2)12-14-5-6-16-17(10-14)21-9-8-20-16/h3-7,10-11,13H,8-9,12H2,1-2H3/t13-/m1/s1. The second kappa shape index (κ2) is 6.14. The van der Waals surface area contributed by atoms with E-state index in [0.717, 1.165) is 18.0 Å². The lowest BCUT2D eigenvalue weighted by Crippen LogP contribution is -2.22. The Morgan fingerprint density at radius 1 is 1.19 bits per heavy atom. The molecule has 0 fully saturated rings. The van der Waals surface area contributed by atoms with Crippen LogP contribution < -0.4 is 9.47 Å². The molecular formula is C17H20N2O2. The van der Waals surface area contributed by atoms with E-state index in [1.807, 2.05) is 18.3 Å². The molecule has 2 aromatic rings. The molecule has 1 aliphatic rings. The van der Waals surface area contributed by atoms with Crippen LogP contribution in [0.2, 0.25) is 0 Å². The molecule has 0 unspecified atom stereocenters. The van der Waals surface area contributed by atoms with Crippen LogP contribution in [-0.2, 0) is 6.54 Å². The van der Waals surface area contributed by atoms with Crippen molar-refractivity contribution in [1.29, 1.82) is 0 Å². The van der Waals surface area contributed by atoms with E-state index in [2.05, 4.69) is 42.1 Å². The average Bonchev–Trinajstić information content (AvgIpc) is 2.55. The highest BCUT2D eigenvalue weighted by Crippen LogP contribution is 2.31. The molecule has 0 N–H and O–H groups in total. The minimum atomic E-state index is 0.312. The summed E-state index contributed by atoms with van der Waals surface area (Å²) < 4.78 is 11.2. The van der Waals surface area contributed by atoms with Gasteiger partial charge in [-0.3, -0.25) is 9.88 Å². The van der Waals surface area contributed by atoms with Crippen LogP contribution in [0, 0.1) is 0 Å². The number of rotatable bonds is 4. The summed E-state index contributed by atoms with van der Waals surface area (Å²) in [6, 6.07) is 10.6. The maximum absolute atomic E-state index is 5.64. The zero-order valence-corrected chi connectivity index (χ0v) is 12.5. The Bertz CT molecular complexity index is 601. The first-order valence-electron chi connectivity index (χ1n) is 7.23. The van der Waals surface area contributed by atoms with Gasteiger partial charge in [-0.15, -0.1) is 0 Å². The van der Waals surface area contributed by atoms with Crippen molar-refractivity contribution in [1.82, 2.24) is 9.88 Å². The maximum Gasteiger partial charge on any atom is 0.161 e. The molecule has 1 aromatic heterocycles. The Hall–Kier alpha value is -2.07. The molecule has 2 heterocycles. The zero-order valence-electron chi connectivity index (χ0n) is 12.5. The molecule has 21 heavy (non-hydrogen) atoms. The number of fused-ring (bicyclic) bond motifs is 1. The third-order valence-corrected chi connectivity index (χ3v) is 3.87. The first kappa shape index (κ1) is 13.9. The molecule has 110 valence electrons. The molecule has 0 spiro atoms. The predicted molar refractivity (Wildman–Crippen MR) is 81.6 cm³/mol. The molecule has 1 aliphatic heterocycles. The average molecular weight is 284 g/mol. The number of ether oxygens (including phenoxy) is 2. The molecule has 3 rings (SSSR count). The highest BCUT2D eigenvalue weighted by atomic mass is 16.6. The lowest BCUT2D eigenvalue weighted by molar-refractivity contribution is 0.171. The summed E-state index contributed by atoms with van der Waals surface area (Å²) in [5.41, 5.74) is 2.44. The maximum atomic E-state index is 5.64. The topological polar surface area (TPSA) is 34.6 Å². The quantitative estimate of drug-likeness (QED) is 0.864. The van der Waals surface area contributed by atoms with Crippen LogP contribution in [0.5, 0.6) is 11.5 Å². The summed E-state index contributed by atoms with van der Waals surface area (Å²) in [4.78, 5) is 6.48. The van der Waals surface area contributed by atoms with Crippen LogP contribution in [0.4, 0.5) is 0 Å². The molecule has 1 aromatic carbocycles. The van der Waals surface area contributed by atoms with Gasteiger partial charge in [0.05, 0.1) is 0 Å². The fourth-order valence-electron chi connectivity index (χ4n) is 2.49. The fraction of sp³-hybridized carbons (Fsp3) is 0.353. The van der Waals surface area contributed by atoms with Gasteiger partial charge in [-0.2, -0.15) is 0 Å². The van der Waals surface area contributed by atoms with Gasteiger partial charge < -0.3 is 9.47 Å². The van der Waals surface area contributed by atoms with Crippen molar-refractivity contribution in [2.24, 2.45) is 0 Å². The molecule has 1 atom stereocenters. The molecule has 4 heteroatoms. The van der Waals surface area contributed by atoms with Crippen LogP contribution in [-0.4, -0.2) is 30.1 Å². The highest BCUT2D eigenvalue weighted by Gasteiger charge is 2.15. The first-order valence-corrected chi connectivity index (χ1v) is 7.23. The zero-order chi connectivity index (χ0) is 14.7. The summed E-state index contributed by atoms with van der Waals surface area (Å²) in [5.74, 6) is 1.69. The summed E-state index contributed by atoms with van der Waals surface area (Å²) in [7, 11) is 2.12. The molecule has 0 amide bonds. The third-order valence-electron chi connectivity index (χ3n) is 3.87. The van der Waals surface area contributed by atoms with Gasteiger partial charge in [0, 0.05) is 25.0 Å². The van der Waals surface area contributed by atoms with Crippen molar-refractivity contribution in [2.75, 3.05) is 20.3 Å². The Morgan fingerprint density at radius 2 is 2.00 bits per heavy atom. The summed E-state index contributed by atoms with van der Waals surface area (Å²) in [5, 5.41) is 0. The Kier molecular flexibility index (Phi) is 4.06. The van der Waals surface area contributed by atoms with E-state index in [1.54, 1.807) is 6.20 Å². The van der Waals surface area contributed by atoms with Crippen LogP contribution in [0.15, 0.2) is 42.7 Å². The van der Waals surface area contributed by atoms with Crippen LogP contribution in [0.25, 0.3) is 0 Å². The third kappa shape index (κ3) is 3.16. The van der Waals surface area contributed by atoms with Crippen LogP contribution in [0.3, 0.4) is 0 Å². The smallest absolute Gasteiger partial charge is 0.161 e. The van der Waals surface area contributed by atoms with Crippen molar-refractivity contribution in [3.05, 3.63) is 53.9 Å². The Morgan fingerprint density at radius 3 is 2.76 bits per heavy atom. The van der Waals surface area contributed by atoms with Crippen LogP contribution >= 0.6 is 0 Å². The summed E-state index contributed by atoms with van der Waals surface area (Å²) in [6.45, 7) is 4.30. The molecule has 0 saturated heterocycles. The molecule has 0 bridgehead atoms. The number of hydrogen-bond acceptors (Lipinski definition) is 4. The van der Waals surface area contributed by atoms with Crippen molar-refractivity contribution >= 4 is 0 Å². The van der Waals surface area contributed by atoms with Gasteiger partial charge in [0.25, 0.3) is 0 Å². The van der Waals surface area contributed by atoms with E-state index in [-0.39, 0.29) is 0 Å². The molecule has 0 saturated carbocycles. The van der Waals surface area contributed by atoms with Gasteiger partial charge >= 0.3 is 0 Å². The van der Waals surface area contributed by atoms with Crippen LogP contribution in [0.1, 0.15) is 24.1 Å².